The van der Waals surface area contributed by atoms with E-state index in [-0.39, 0.29) is 12.8 Å². The van der Waals surface area contributed by atoms with Crippen LogP contribution in [0.25, 0.3) is 0 Å². The molecule has 1 aromatic rings. The van der Waals surface area contributed by atoms with Crippen LogP contribution in [0.1, 0.15) is 42.1 Å². The van der Waals surface area contributed by atoms with Gasteiger partial charge in [-0.15, -0.1) is 6.58 Å². The van der Waals surface area contributed by atoms with Crippen LogP contribution in [0.15, 0.2) is 29.3 Å². The maximum Gasteiger partial charge on any atom is 0.338 e. The number of benzene rings is 1. The van der Waals surface area contributed by atoms with E-state index in [4.69, 9.17) is 14.2 Å². The first-order chi connectivity index (χ1) is 12.8. The molecule has 4 nitrogen and oxygen atoms in total. The zero-order valence-electron chi connectivity index (χ0n) is 17.1. The van der Waals surface area contributed by atoms with E-state index in [1.165, 1.54) is 0 Å². The second kappa shape index (κ2) is 12.4. The van der Waals surface area contributed by atoms with Crippen LogP contribution in [0.4, 0.5) is 0 Å². The van der Waals surface area contributed by atoms with Crippen molar-refractivity contribution in [3.8, 4) is 5.75 Å². The van der Waals surface area contributed by atoms with Gasteiger partial charge < -0.3 is 14.2 Å². The molecule has 6 heteroatoms. The van der Waals surface area contributed by atoms with Crippen molar-refractivity contribution in [2.24, 2.45) is 0 Å². The van der Waals surface area contributed by atoms with Gasteiger partial charge >= 0.3 is 5.97 Å². The standard InChI is InChI=1S/C21H33BrO4Si/c1-6-8-10-17-18(21(23)25-13-9-7-2)11-12-19(22)20(17)26-16-24-14-15-27(3,4)5/h6,11-12H,1,7-10,13-16H2,2-5H3. The van der Waals surface area contributed by atoms with Gasteiger partial charge in [0.25, 0.3) is 0 Å². The molecule has 27 heavy (non-hydrogen) atoms. The van der Waals surface area contributed by atoms with Crippen LogP contribution in [0.2, 0.25) is 25.7 Å². The summed E-state index contributed by atoms with van der Waals surface area (Å²) in [6.45, 7) is 14.1. The fourth-order valence-electron chi connectivity index (χ4n) is 2.37. The normalized spacial score (nSPS) is 11.3. The largest absolute Gasteiger partial charge is 0.466 e. The van der Waals surface area contributed by atoms with Gasteiger partial charge in [0.05, 0.1) is 16.6 Å². The first-order valence-corrected chi connectivity index (χ1v) is 14.1. The summed E-state index contributed by atoms with van der Waals surface area (Å²) in [4.78, 5) is 12.5. The third-order valence-corrected chi connectivity index (χ3v) is 6.37. The van der Waals surface area contributed by atoms with Gasteiger partial charge in [-0.05, 0) is 53.4 Å². The first kappa shape index (κ1) is 23.9. The monoisotopic (exact) mass is 456 g/mol. The zero-order chi connectivity index (χ0) is 20.3. The summed E-state index contributed by atoms with van der Waals surface area (Å²) in [5, 5.41) is 0. The minimum atomic E-state index is -1.13. The number of halogens is 1. The molecule has 0 atom stereocenters. The SMILES string of the molecule is C=CCCc1c(C(=O)OCCCC)ccc(Br)c1OCOCC[Si](C)(C)C. The van der Waals surface area contributed by atoms with Crippen LogP contribution < -0.4 is 4.74 Å². The van der Waals surface area contributed by atoms with Crippen LogP contribution in [0, 0.1) is 0 Å². The second-order valence-electron chi connectivity index (χ2n) is 7.70. The Balaban J connectivity index is 2.88. The Bertz CT molecular complexity index is 611. The number of esters is 1. The van der Waals surface area contributed by atoms with E-state index in [1.54, 1.807) is 6.07 Å². The highest BCUT2D eigenvalue weighted by Gasteiger charge is 2.19. The second-order valence-corrected chi connectivity index (χ2v) is 14.2. The van der Waals surface area contributed by atoms with Crippen molar-refractivity contribution in [3.63, 3.8) is 0 Å². The number of carbonyl (C=O) groups is 1. The van der Waals surface area contributed by atoms with Crippen molar-refractivity contribution >= 4 is 30.0 Å². The Kier molecular flexibility index (Phi) is 11.0. The van der Waals surface area contributed by atoms with Crippen LogP contribution in [-0.2, 0) is 15.9 Å². The number of carbonyl (C=O) groups excluding carboxylic acids is 1. The van der Waals surface area contributed by atoms with Crippen LogP contribution in [0.3, 0.4) is 0 Å². The molecule has 0 N–H and O–H groups in total. The topological polar surface area (TPSA) is 44.8 Å². The smallest absolute Gasteiger partial charge is 0.338 e. The molecule has 0 bridgehead atoms. The molecular weight excluding hydrogens is 424 g/mol. The Hall–Kier alpha value is -1.11. The third kappa shape index (κ3) is 9.08. The quantitative estimate of drug-likeness (QED) is 0.116. The van der Waals surface area contributed by atoms with Gasteiger partial charge in [-0.1, -0.05) is 39.1 Å². The Morgan fingerprint density at radius 3 is 2.63 bits per heavy atom. The number of allylic oxidation sites excluding steroid dienone is 1. The molecule has 0 unspecified atom stereocenters. The summed E-state index contributed by atoms with van der Waals surface area (Å²) in [7, 11) is -1.13. The summed E-state index contributed by atoms with van der Waals surface area (Å²) in [5.74, 6) is 0.342. The lowest BCUT2D eigenvalue weighted by molar-refractivity contribution is 0.0207. The third-order valence-electron chi connectivity index (χ3n) is 4.04. The molecule has 0 radical (unpaired) electrons. The molecule has 0 fully saturated rings. The van der Waals surface area contributed by atoms with Gasteiger partial charge in [0.1, 0.15) is 5.75 Å². The molecule has 0 saturated heterocycles. The van der Waals surface area contributed by atoms with Crippen molar-refractivity contribution in [1.82, 2.24) is 0 Å². The van der Waals surface area contributed by atoms with E-state index in [0.29, 0.717) is 30.9 Å². The highest BCUT2D eigenvalue weighted by atomic mass is 79.9. The lowest BCUT2D eigenvalue weighted by Gasteiger charge is -2.18. The van der Waals surface area contributed by atoms with Gasteiger partial charge in [-0.3, -0.25) is 0 Å². The first-order valence-electron chi connectivity index (χ1n) is 9.60. The molecular formula is C21H33BrO4Si. The fraction of sp³-hybridized carbons (Fsp3) is 0.571. The van der Waals surface area contributed by atoms with Crippen molar-refractivity contribution in [3.05, 3.63) is 40.4 Å². The Morgan fingerprint density at radius 2 is 2.00 bits per heavy atom. The van der Waals surface area contributed by atoms with Crippen molar-refractivity contribution in [2.45, 2.75) is 58.3 Å². The highest BCUT2D eigenvalue weighted by Crippen LogP contribution is 2.33. The minimum absolute atomic E-state index is 0.165. The van der Waals surface area contributed by atoms with Crippen molar-refractivity contribution in [1.29, 1.82) is 0 Å². The van der Waals surface area contributed by atoms with Crippen LogP contribution in [-0.4, -0.2) is 34.0 Å². The molecule has 152 valence electrons. The molecule has 1 aromatic carbocycles. The van der Waals surface area contributed by atoms with E-state index >= 15 is 0 Å². The summed E-state index contributed by atoms with van der Waals surface area (Å²) in [6, 6.07) is 4.70. The Morgan fingerprint density at radius 1 is 1.26 bits per heavy atom. The fourth-order valence-corrected chi connectivity index (χ4v) is 3.61. The molecule has 0 amide bonds. The number of unbranched alkanes of at least 4 members (excludes halogenated alkanes) is 1. The van der Waals surface area contributed by atoms with E-state index in [0.717, 1.165) is 35.3 Å². The van der Waals surface area contributed by atoms with Crippen LogP contribution in [0.5, 0.6) is 5.75 Å². The van der Waals surface area contributed by atoms with E-state index in [2.05, 4.69) is 49.1 Å². The summed E-state index contributed by atoms with van der Waals surface area (Å²) >= 11 is 3.54. The van der Waals surface area contributed by atoms with Crippen LogP contribution >= 0.6 is 15.9 Å². The highest BCUT2D eigenvalue weighted by molar-refractivity contribution is 9.10. The average Bonchev–Trinajstić information content (AvgIpc) is 2.60. The summed E-state index contributed by atoms with van der Waals surface area (Å²) in [6.07, 6.45) is 5.09. The number of hydrogen-bond acceptors (Lipinski definition) is 4. The molecule has 0 aliphatic rings. The molecule has 0 aliphatic heterocycles. The lowest BCUT2D eigenvalue weighted by atomic mass is 10.0. The number of ether oxygens (including phenoxy) is 3. The Labute approximate surface area is 173 Å². The van der Waals surface area contributed by atoms with E-state index in [1.807, 2.05) is 12.1 Å². The predicted octanol–water partition coefficient (Wildman–Crippen LogP) is 6.22. The lowest BCUT2D eigenvalue weighted by Crippen LogP contribution is -2.22. The van der Waals surface area contributed by atoms with Gasteiger partial charge in [0.15, 0.2) is 6.79 Å². The predicted molar refractivity (Wildman–Crippen MR) is 117 cm³/mol. The molecule has 0 saturated carbocycles. The van der Waals surface area contributed by atoms with Crippen molar-refractivity contribution < 1.29 is 19.0 Å². The van der Waals surface area contributed by atoms with Gasteiger partial charge in [0, 0.05) is 20.2 Å². The molecule has 1 rings (SSSR count). The van der Waals surface area contributed by atoms with Gasteiger partial charge in [-0.25, -0.2) is 4.79 Å². The minimum Gasteiger partial charge on any atom is -0.466 e. The summed E-state index contributed by atoms with van der Waals surface area (Å²) < 4.78 is 17.8. The molecule has 0 aromatic heterocycles. The number of rotatable bonds is 13. The van der Waals surface area contributed by atoms with E-state index in [9.17, 15) is 4.79 Å². The molecule has 0 heterocycles. The zero-order valence-corrected chi connectivity index (χ0v) is 19.7. The average molecular weight is 457 g/mol. The molecule has 0 aliphatic carbocycles. The van der Waals surface area contributed by atoms with Crippen molar-refractivity contribution in [2.75, 3.05) is 20.0 Å². The van der Waals surface area contributed by atoms with Gasteiger partial charge in [0.2, 0.25) is 0 Å². The maximum absolute atomic E-state index is 12.5. The number of hydrogen-bond donors (Lipinski definition) is 0. The molecule has 0 spiro atoms. The maximum atomic E-state index is 12.5. The van der Waals surface area contributed by atoms with Gasteiger partial charge in [-0.2, -0.15) is 0 Å². The summed E-state index contributed by atoms with van der Waals surface area (Å²) in [5.41, 5.74) is 1.38. The van der Waals surface area contributed by atoms with E-state index < -0.39 is 8.07 Å².